The fourth-order valence-corrected chi connectivity index (χ4v) is 4.59. The lowest BCUT2D eigenvalue weighted by Crippen LogP contribution is -2.46. The number of nitrogen functional groups attached to an aromatic ring is 1. The van der Waals surface area contributed by atoms with Crippen molar-refractivity contribution in [2.24, 2.45) is 5.73 Å². The summed E-state index contributed by atoms with van der Waals surface area (Å²) in [5, 5.41) is 2.50. The average molecular weight is 542 g/mol. The first-order valence-electron chi connectivity index (χ1n) is 11.7. The van der Waals surface area contributed by atoms with Crippen LogP contribution >= 0.6 is 11.5 Å². The predicted molar refractivity (Wildman–Crippen MR) is 140 cm³/mol. The summed E-state index contributed by atoms with van der Waals surface area (Å²) in [5.41, 5.74) is 13.1. The van der Waals surface area contributed by atoms with Crippen molar-refractivity contribution in [3.05, 3.63) is 81.6 Å². The van der Waals surface area contributed by atoms with Crippen LogP contribution in [0.5, 0.6) is 0 Å². The van der Waals surface area contributed by atoms with E-state index in [0.29, 0.717) is 23.5 Å². The number of aryl methyl sites for hydroxylation is 1. The summed E-state index contributed by atoms with van der Waals surface area (Å²) in [7, 11) is 0. The van der Waals surface area contributed by atoms with Crippen LogP contribution in [0.3, 0.4) is 0 Å². The Hall–Kier alpha value is -4.32. The number of anilines is 1. The fraction of sp³-hybridized carbons (Fsp3) is 0.269. The zero-order chi connectivity index (χ0) is 27.8. The molecular formula is C26H28FN5O5S. The van der Waals surface area contributed by atoms with Gasteiger partial charge in [0.15, 0.2) is 5.69 Å². The molecule has 12 heteroatoms. The molecule has 10 nitrogen and oxygen atoms in total. The van der Waals surface area contributed by atoms with Gasteiger partial charge in [0, 0.05) is 6.54 Å². The lowest BCUT2D eigenvalue weighted by atomic mass is 10.0. The first kappa shape index (κ1) is 28.3. The van der Waals surface area contributed by atoms with Gasteiger partial charge in [0.2, 0.25) is 5.91 Å². The number of rotatable bonds is 11. The summed E-state index contributed by atoms with van der Waals surface area (Å²) >= 11 is 0.684. The normalized spacial score (nSPS) is 11.4. The van der Waals surface area contributed by atoms with Crippen LogP contribution in [0.15, 0.2) is 48.5 Å². The van der Waals surface area contributed by atoms with Gasteiger partial charge < -0.3 is 26.4 Å². The van der Waals surface area contributed by atoms with Crippen LogP contribution in [0.4, 0.5) is 10.1 Å². The first-order valence-corrected chi connectivity index (χ1v) is 12.5. The third kappa shape index (κ3) is 6.71. The molecule has 38 heavy (non-hydrogen) atoms. The van der Waals surface area contributed by atoms with Crippen LogP contribution in [0.2, 0.25) is 0 Å². The number of carbonyl (C=O) groups is 4. The largest absolute Gasteiger partial charge is 0.465 e. The number of nitrogens with zero attached hydrogens (tertiary/aromatic N) is 2. The van der Waals surface area contributed by atoms with Crippen LogP contribution in [0, 0.1) is 12.7 Å². The highest BCUT2D eigenvalue weighted by Gasteiger charge is 2.35. The van der Waals surface area contributed by atoms with E-state index in [1.54, 1.807) is 6.92 Å². The second-order valence-electron chi connectivity index (χ2n) is 8.29. The van der Waals surface area contributed by atoms with Crippen molar-refractivity contribution in [1.82, 2.24) is 14.6 Å². The SMILES string of the molecule is CCOC(=O)CNC(=O)[C@H](c1ccc(F)cc1)N(CCc1ccccc1C)C(=O)c1snc(C(N)=O)c1N. The molecule has 0 aliphatic carbocycles. The second-order valence-corrected chi connectivity index (χ2v) is 9.06. The first-order chi connectivity index (χ1) is 18.1. The number of hydrogen-bond donors (Lipinski definition) is 3. The standard InChI is InChI=1S/C26H28FN5O5S/c1-3-37-19(33)14-30-25(35)22(17-8-10-18(27)11-9-17)32(13-12-16-7-5-4-6-15(16)2)26(36)23-20(28)21(24(29)34)31-38-23/h4-11,22H,3,12-14,28H2,1-2H3,(H2,29,34)(H,30,35)/t22-/m0/s1. The summed E-state index contributed by atoms with van der Waals surface area (Å²) in [4.78, 5) is 52.1. The molecule has 1 atom stereocenters. The molecule has 5 N–H and O–H groups in total. The Morgan fingerprint density at radius 3 is 2.42 bits per heavy atom. The highest BCUT2D eigenvalue weighted by molar-refractivity contribution is 7.09. The van der Waals surface area contributed by atoms with Gasteiger partial charge in [-0.25, -0.2) is 4.39 Å². The van der Waals surface area contributed by atoms with E-state index in [4.69, 9.17) is 16.2 Å². The molecule has 0 spiro atoms. The van der Waals surface area contributed by atoms with Crippen molar-refractivity contribution in [1.29, 1.82) is 0 Å². The van der Waals surface area contributed by atoms with Crippen molar-refractivity contribution in [2.45, 2.75) is 26.3 Å². The van der Waals surface area contributed by atoms with Crippen LogP contribution < -0.4 is 16.8 Å². The topological polar surface area (TPSA) is 158 Å². The van der Waals surface area contributed by atoms with E-state index in [9.17, 15) is 23.6 Å². The molecule has 0 saturated carbocycles. The van der Waals surface area contributed by atoms with Gasteiger partial charge in [-0.3, -0.25) is 19.2 Å². The lowest BCUT2D eigenvalue weighted by molar-refractivity contribution is -0.143. The minimum atomic E-state index is -1.28. The lowest BCUT2D eigenvalue weighted by Gasteiger charge is -2.31. The molecule has 0 fully saturated rings. The van der Waals surface area contributed by atoms with Gasteiger partial charge in [0.1, 0.15) is 23.3 Å². The summed E-state index contributed by atoms with van der Waals surface area (Å²) in [6, 6.07) is 11.4. The molecular weight excluding hydrogens is 513 g/mol. The zero-order valence-corrected chi connectivity index (χ0v) is 21.7. The van der Waals surface area contributed by atoms with Crippen LogP contribution in [0.1, 0.15) is 49.8 Å². The maximum absolute atomic E-state index is 13.9. The van der Waals surface area contributed by atoms with E-state index in [1.165, 1.54) is 17.0 Å². The summed E-state index contributed by atoms with van der Waals surface area (Å²) in [5.74, 6) is -3.46. The smallest absolute Gasteiger partial charge is 0.325 e. The Morgan fingerprint density at radius 1 is 1.13 bits per heavy atom. The van der Waals surface area contributed by atoms with E-state index in [1.807, 2.05) is 31.2 Å². The third-order valence-electron chi connectivity index (χ3n) is 5.76. The number of esters is 1. The minimum absolute atomic E-state index is 0.0435. The highest BCUT2D eigenvalue weighted by Crippen LogP contribution is 2.29. The molecule has 3 aromatic rings. The minimum Gasteiger partial charge on any atom is -0.465 e. The van der Waals surface area contributed by atoms with Crippen molar-refractivity contribution in [2.75, 3.05) is 25.4 Å². The number of nitrogens with one attached hydrogen (secondary N) is 1. The number of benzene rings is 2. The van der Waals surface area contributed by atoms with Gasteiger partial charge in [-0.05, 0) is 60.6 Å². The Morgan fingerprint density at radius 2 is 1.82 bits per heavy atom. The number of hydrogen-bond acceptors (Lipinski definition) is 8. The Bertz CT molecular complexity index is 1330. The summed E-state index contributed by atoms with van der Waals surface area (Å²) in [6.45, 7) is 3.29. The molecule has 3 amide bonds. The monoisotopic (exact) mass is 541 g/mol. The van der Waals surface area contributed by atoms with Crippen LogP contribution in [0.25, 0.3) is 0 Å². The van der Waals surface area contributed by atoms with Crippen molar-refractivity contribution < 1.29 is 28.3 Å². The van der Waals surface area contributed by atoms with E-state index in [0.717, 1.165) is 23.3 Å². The molecule has 0 unspecified atom stereocenters. The third-order valence-corrected chi connectivity index (χ3v) is 6.61. The molecule has 3 rings (SSSR count). The number of amides is 3. The average Bonchev–Trinajstić information content (AvgIpc) is 3.28. The van der Waals surface area contributed by atoms with E-state index in [-0.39, 0.29) is 29.4 Å². The quantitative estimate of drug-likeness (QED) is 0.315. The Kier molecular flexibility index (Phi) is 9.49. The number of carbonyl (C=O) groups excluding carboxylic acids is 4. The van der Waals surface area contributed by atoms with E-state index >= 15 is 0 Å². The maximum atomic E-state index is 13.9. The second kappa shape index (κ2) is 12.8. The molecule has 2 aromatic carbocycles. The molecule has 0 radical (unpaired) electrons. The van der Waals surface area contributed by atoms with Crippen molar-refractivity contribution in [3.63, 3.8) is 0 Å². The van der Waals surface area contributed by atoms with Crippen LogP contribution in [-0.4, -0.2) is 52.7 Å². The van der Waals surface area contributed by atoms with Gasteiger partial charge in [-0.1, -0.05) is 36.4 Å². The van der Waals surface area contributed by atoms with Crippen molar-refractivity contribution >= 4 is 40.9 Å². The molecule has 1 aromatic heterocycles. The summed E-state index contributed by atoms with van der Waals surface area (Å²) < 4.78 is 22.5. The van der Waals surface area contributed by atoms with Crippen molar-refractivity contribution in [3.8, 4) is 0 Å². The number of nitrogens with two attached hydrogens (primary N) is 2. The molecule has 0 saturated heterocycles. The van der Waals surface area contributed by atoms with Gasteiger partial charge in [0.25, 0.3) is 11.8 Å². The molecule has 200 valence electrons. The molecule has 1 heterocycles. The van der Waals surface area contributed by atoms with Gasteiger partial charge in [0.05, 0.1) is 12.3 Å². The highest BCUT2D eigenvalue weighted by atomic mass is 32.1. The Balaban J connectivity index is 2.05. The van der Waals surface area contributed by atoms with E-state index < -0.39 is 42.1 Å². The number of primary amides is 1. The number of ether oxygens (including phenoxy) is 1. The van der Waals surface area contributed by atoms with Gasteiger partial charge in [-0.2, -0.15) is 4.37 Å². The number of halogens is 1. The fourth-order valence-electron chi connectivity index (χ4n) is 3.82. The van der Waals surface area contributed by atoms with Gasteiger partial charge in [-0.15, -0.1) is 0 Å². The predicted octanol–water partition coefficient (Wildman–Crippen LogP) is 2.38. The Labute approximate surface area is 222 Å². The summed E-state index contributed by atoms with van der Waals surface area (Å²) in [6.07, 6.45) is 0.364. The number of aromatic nitrogens is 1. The van der Waals surface area contributed by atoms with Crippen LogP contribution in [-0.2, 0) is 20.7 Å². The van der Waals surface area contributed by atoms with Gasteiger partial charge >= 0.3 is 5.97 Å². The molecule has 0 aliphatic heterocycles. The zero-order valence-electron chi connectivity index (χ0n) is 20.9. The molecule has 0 aliphatic rings. The molecule has 0 bridgehead atoms. The van der Waals surface area contributed by atoms with E-state index in [2.05, 4.69) is 9.69 Å². The maximum Gasteiger partial charge on any atom is 0.325 e.